The van der Waals surface area contributed by atoms with Crippen LogP contribution in [0.25, 0.3) is 0 Å². The largest absolute Gasteiger partial charge is 0.483 e. The van der Waals surface area contributed by atoms with Crippen molar-refractivity contribution in [2.75, 3.05) is 11.9 Å². The smallest absolute Gasteiger partial charge is 0.262 e. The number of halogens is 1. The Balaban J connectivity index is 1.97. The maximum Gasteiger partial charge on any atom is 0.262 e. The number of amides is 1. The van der Waals surface area contributed by atoms with E-state index in [9.17, 15) is 9.59 Å². The molecular formula is C16H14BrNO3. The summed E-state index contributed by atoms with van der Waals surface area (Å²) in [5, 5.41) is 2.75. The van der Waals surface area contributed by atoms with Crippen molar-refractivity contribution in [3.05, 3.63) is 58.1 Å². The van der Waals surface area contributed by atoms with Crippen molar-refractivity contribution < 1.29 is 14.3 Å². The number of para-hydroxylation sites is 1. The third-order valence-corrected chi connectivity index (χ3v) is 3.46. The summed E-state index contributed by atoms with van der Waals surface area (Å²) in [6.45, 7) is 1.81. The van der Waals surface area contributed by atoms with E-state index in [2.05, 4.69) is 21.2 Å². The summed E-state index contributed by atoms with van der Waals surface area (Å²) in [4.78, 5) is 22.7. The number of aldehydes is 1. The molecule has 0 bridgehead atoms. The molecule has 5 heteroatoms. The highest BCUT2D eigenvalue weighted by atomic mass is 79.9. The standard InChI is InChI=1S/C16H14BrNO3/c1-11-6-7-14(13(17)8-11)18-16(20)10-21-15-5-3-2-4-12(15)9-19/h2-9H,10H2,1H3,(H,18,20). The van der Waals surface area contributed by atoms with Crippen molar-refractivity contribution in [2.24, 2.45) is 0 Å². The number of rotatable bonds is 5. The maximum absolute atomic E-state index is 11.9. The number of aryl methyl sites for hydroxylation is 1. The second-order valence-corrected chi connectivity index (χ2v) is 5.33. The molecule has 1 amide bonds. The van der Waals surface area contributed by atoms with Crippen molar-refractivity contribution in [2.45, 2.75) is 6.92 Å². The molecule has 0 unspecified atom stereocenters. The summed E-state index contributed by atoms with van der Waals surface area (Å²) < 4.78 is 6.18. The van der Waals surface area contributed by atoms with Gasteiger partial charge in [0.1, 0.15) is 5.75 Å². The average molecular weight is 348 g/mol. The first-order valence-corrected chi connectivity index (χ1v) is 7.12. The molecule has 2 aromatic rings. The lowest BCUT2D eigenvalue weighted by atomic mass is 10.2. The zero-order valence-corrected chi connectivity index (χ0v) is 13.0. The third kappa shape index (κ3) is 4.16. The number of ether oxygens (including phenoxy) is 1. The van der Waals surface area contributed by atoms with Gasteiger partial charge in [-0.25, -0.2) is 0 Å². The van der Waals surface area contributed by atoms with Gasteiger partial charge in [-0.2, -0.15) is 0 Å². The quantitative estimate of drug-likeness (QED) is 0.841. The highest BCUT2D eigenvalue weighted by Gasteiger charge is 2.08. The van der Waals surface area contributed by atoms with Crippen LogP contribution in [0.1, 0.15) is 15.9 Å². The van der Waals surface area contributed by atoms with E-state index in [1.54, 1.807) is 24.3 Å². The molecule has 0 saturated heterocycles. The van der Waals surface area contributed by atoms with Gasteiger partial charge >= 0.3 is 0 Å². The molecule has 1 N–H and O–H groups in total. The third-order valence-electron chi connectivity index (χ3n) is 2.80. The van der Waals surface area contributed by atoms with Crippen molar-refractivity contribution in [1.82, 2.24) is 0 Å². The number of nitrogens with one attached hydrogen (secondary N) is 1. The van der Waals surface area contributed by atoms with Crippen LogP contribution in [0.5, 0.6) is 5.75 Å². The molecule has 0 fully saturated rings. The van der Waals surface area contributed by atoms with Crippen LogP contribution in [0.2, 0.25) is 0 Å². The number of benzene rings is 2. The Morgan fingerprint density at radius 3 is 2.76 bits per heavy atom. The van der Waals surface area contributed by atoms with Gasteiger partial charge in [0.05, 0.1) is 11.3 Å². The van der Waals surface area contributed by atoms with E-state index in [0.717, 1.165) is 10.0 Å². The molecule has 0 aromatic heterocycles. The van der Waals surface area contributed by atoms with Crippen molar-refractivity contribution in [3.63, 3.8) is 0 Å². The highest BCUT2D eigenvalue weighted by molar-refractivity contribution is 9.10. The fourth-order valence-electron chi connectivity index (χ4n) is 1.76. The van der Waals surface area contributed by atoms with E-state index in [1.165, 1.54) is 0 Å². The number of carbonyl (C=O) groups excluding carboxylic acids is 2. The zero-order valence-electron chi connectivity index (χ0n) is 11.4. The van der Waals surface area contributed by atoms with E-state index in [4.69, 9.17) is 4.74 Å². The fraction of sp³-hybridized carbons (Fsp3) is 0.125. The van der Waals surface area contributed by atoms with Gasteiger partial charge in [0, 0.05) is 4.47 Å². The monoisotopic (exact) mass is 347 g/mol. The Hall–Kier alpha value is -2.14. The predicted octanol–water partition coefficient (Wildman–Crippen LogP) is 3.59. The molecule has 0 aliphatic rings. The summed E-state index contributed by atoms with van der Waals surface area (Å²) in [6, 6.07) is 12.4. The second-order valence-electron chi connectivity index (χ2n) is 4.48. The zero-order chi connectivity index (χ0) is 15.2. The first kappa shape index (κ1) is 15.3. The molecule has 0 saturated carbocycles. The molecule has 0 aliphatic heterocycles. The van der Waals surface area contributed by atoms with E-state index >= 15 is 0 Å². The highest BCUT2D eigenvalue weighted by Crippen LogP contribution is 2.23. The van der Waals surface area contributed by atoms with E-state index in [0.29, 0.717) is 23.3 Å². The molecule has 0 aliphatic carbocycles. The fourth-order valence-corrected chi connectivity index (χ4v) is 2.35. The van der Waals surface area contributed by atoms with E-state index < -0.39 is 0 Å². The van der Waals surface area contributed by atoms with Gasteiger partial charge in [-0.3, -0.25) is 9.59 Å². The van der Waals surface area contributed by atoms with Crippen LogP contribution in [0.4, 0.5) is 5.69 Å². The van der Waals surface area contributed by atoms with E-state index in [-0.39, 0.29) is 12.5 Å². The van der Waals surface area contributed by atoms with Gasteiger partial charge in [0.2, 0.25) is 0 Å². The summed E-state index contributed by atoms with van der Waals surface area (Å²) in [7, 11) is 0. The molecule has 2 aromatic carbocycles. The molecule has 0 spiro atoms. The molecule has 2 rings (SSSR count). The SMILES string of the molecule is Cc1ccc(NC(=O)COc2ccccc2C=O)c(Br)c1. The lowest BCUT2D eigenvalue weighted by Crippen LogP contribution is -2.20. The van der Waals surface area contributed by atoms with Crippen LogP contribution in [0, 0.1) is 6.92 Å². The van der Waals surface area contributed by atoms with Crippen LogP contribution in [0.3, 0.4) is 0 Å². The minimum Gasteiger partial charge on any atom is -0.483 e. The first-order chi connectivity index (χ1) is 10.1. The van der Waals surface area contributed by atoms with E-state index in [1.807, 2.05) is 25.1 Å². The van der Waals surface area contributed by atoms with Crippen molar-refractivity contribution in [3.8, 4) is 5.75 Å². The van der Waals surface area contributed by atoms with Crippen LogP contribution >= 0.6 is 15.9 Å². The van der Waals surface area contributed by atoms with Crippen molar-refractivity contribution in [1.29, 1.82) is 0 Å². The Morgan fingerprint density at radius 1 is 1.29 bits per heavy atom. The molecule has 108 valence electrons. The maximum atomic E-state index is 11.9. The van der Waals surface area contributed by atoms with Gasteiger partial charge in [-0.1, -0.05) is 18.2 Å². The predicted molar refractivity (Wildman–Crippen MR) is 84.8 cm³/mol. The molecule has 4 nitrogen and oxygen atoms in total. The molecule has 0 atom stereocenters. The summed E-state index contributed by atoms with van der Waals surface area (Å²) in [5.74, 6) is 0.103. The van der Waals surface area contributed by atoms with Gasteiger partial charge in [-0.15, -0.1) is 0 Å². The summed E-state index contributed by atoms with van der Waals surface area (Å²) in [5.41, 5.74) is 2.19. The lowest BCUT2D eigenvalue weighted by molar-refractivity contribution is -0.118. The van der Waals surface area contributed by atoms with Gasteiger partial charge in [0.15, 0.2) is 12.9 Å². The van der Waals surface area contributed by atoms with Crippen LogP contribution < -0.4 is 10.1 Å². The number of carbonyl (C=O) groups is 2. The van der Waals surface area contributed by atoms with Gasteiger partial charge < -0.3 is 10.1 Å². The first-order valence-electron chi connectivity index (χ1n) is 6.33. The lowest BCUT2D eigenvalue weighted by Gasteiger charge is -2.10. The van der Waals surface area contributed by atoms with Gasteiger partial charge in [0.25, 0.3) is 5.91 Å². The number of hydrogen-bond acceptors (Lipinski definition) is 3. The Labute approximate surface area is 131 Å². The molecule has 0 heterocycles. The minimum atomic E-state index is -0.291. The molecule has 0 radical (unpaired) electrons. The Bertz CT molecular complexity index is 670. The van der Waals surface area contributed by atoms with Gasteiger partial charge in [-0.05, 0) is 52.7 Å². The molecule has 21 heavy (non-hydrogen) atoms. The summed E-state index contributed by atoms with van der Waals surface area (Å²) >= 11 is 3.39. The normalized spacial score (nSPS) is 10.0. The second kappa shape index (κ2) is 7.04. The van der Waals surface area contributed by atoms with Crippen LogP contribution in [-0.2, 0) is 4.79 Å². The molecular weight excluding hydrogens is 334 g/mol. The Kier molecular flexibility index (Phi) is 5.11. The average Bonchev–Trinajstić information content (AvgIpc) is 2.48. The van der Waals surface area contributed by atoms with Crippen molar-refractivity contribution >= 4 is 33.8 Å². The van der Waals surface area contributed by atoms with Crippen LogP contribution in [-0.4, -0.2) is 18.8 Å². The number of anilines is 1. The topological polar surface area (TPSA) is 55.4 Å². The minimum absolute atomic E-state index is 0.162. The number of hydrogen-bond donors (Lipinski definition) is 1. The Morgan fingerprint density at radius 2 is 2.05 bits per heavy atom. The van der Waals surface area contributed by atoms with Crippen LogP contribution in [0.15, 0.2) is 46.9 Å². The summed E-state index contributed by atoms with van der Waals surface area (Å²) in [6.07, 6.45) is 0.698.